The summed E-state index contributed by atoms with van der Waals surface area (Å²) in [4.78, 5) is 0. The summed E-state index contributed by atoms with van der Waals surface area (Å²) in [6.45, 7) is 3.86. The molecule has 1 rings (SSSR count). The summed E-state index contributed by atoms with van der Waals surface area (Å²) in [5.74, 6) is 0. The van der Waals surface area contributed by atoms with E-state index in [1.54, 1.807) is 12.1 Å². The van der Waals surface area contributed by atoms with Gasteiger partial charge in [0, 0.05) is 6.54 Å². The minimum Gasteiger partial charge on any atom is -0.423 e. The molecule has 0 radical (unpaired) electrons. The largest absolute Gasteiger partial charge is 0.488 e. The Morgan fingerprint density at radius 2 is 2.14 bits per heavy atom. The van der Waals surface area contributed by atoms with Crippen LogP contribution in [-0.2, 0) is 6.54 Å². The molecule has 0 spiro atoms. The molecule has 0 heterocycles. The van der Waals surface area contributed by atoms with Crippen LogP contribution in [0.3, 0.4) is 0 Å². The lowest BCUT2D eigenvalue weighted by molar-refractivity contribution is 0.425. The predicted molar refractivity (Wildman–Crippen MR) is 58.3 cm³/mol. The molecule has 76 valence electrons. The molecule has 0 aromatic heterocycles. The van der Waals surface area contributed by atoms with E-state index in [1.165, 1.54) is 0 Å². The third kappa shape index (κ3) is 3.50. The van der Waals surface area contributed by atoms with Gasteiger partial charge < -0.3 is 15.4 Å². The molecule has 1 aromatic rings. The Kier molecular flexibility index (Phi) is 4.66. The van der Waals surface area contributed by atoms with Crippen LogP contribution in [-0.4, -0.2) is 23.7 Å². The summed E-state index contributed by atoms with van der Waals surface area (Å²) in [5.41, 5.74) is 1.62. The van der Waals surface area contributed by atoms with Gasteiger partial charge >= 0.3 is 7.12 Å². The summed E-state index contributed by atoms with van der Waals surface area (Å²) < 4.78 is 0. The van der Waals surface area contributed by atoms with Gasteiger partial charge in [0.05, 0.1) is 0 Å². The van der Waals surface area contributed by atoms with Gasteiger partial charge in [-0.15, -0.1) is 0 Å². The highest BCUT2D eigenvalue weighted by Gasteiger charge is 2.09. The lowest BCUT2D eigenvalue weighted by Crippen LogP contribution is -2.30. The Labute approximate surface area is 84.9 Å². The first-order chi connectivity index (χ1) is 6.74. The van der Waals surface area contributed by atoms with Crippen molar-refractivity contribution in [3.63, 3.8) is 0 Å². The number of benzene rings is 1. The van der Waals surface area contributed by atoms with Crippen LogP contribution in [0.25, 0.3) is 0 Å². The first kappa shape index (κ1) is 11.2. The Morgan fingerprint density at radius 3 is 2.79 bits per heavy atom. The van der Waals surface area contributed by atoms with E-state index in [2.05, 4.69) is 12.2 Å². The Bertz CT molecular complexity index is 279. The fraction of sp³-hybridized carbons (Fsp3) is 0.400. The second kappa shape index (κ2) is 5.80. The van der Waals surface area contributed by atoms with Gasteiger partial charge in [0.15, 0.2) is 0 Å². The first-order valence-corrected chi connectivity index (χ1v) is 4.89. The van der Waals surface area contributed by atoms with Crippen LogP contribution in [0.5, 0.6) is 0 Å². The molecule has 1 aromatic carbocycles. The molecule has 0 saturated heterocycles. The van der Waals surface area contributed by atoms with E-state index >= 15 is 0 Å². The van der Waals surface area contributed by atoms with Gasteiger partial charge in [-0.25, -0.2) is 0 Å². The lowest BCUT2D eigenvalue weighted by atomic mass is 9.80. The monoisotopic (exact) mass is 193 g/mol. The third-order valence-electron chi connectivity index (χ3n) is 2.01. The maximum absolute atomic E-state index is 8.95. The maximum Gasteiger partial charge on any atom is 0.488 e. The third-order valence-corrected chi connectivity index (χ3v) is 2.01. The summed E-state index contributed by atoms with van der Waals surface area (Å²) in [7, 11) is -1.37. The summed E-state index contributed by atoms with van der Waals surface area (Å²) >= 11 is 0. The number of nitrogens with one attached hydrogen (secondary N) is 1. The molecule has 3 N–H and O–H groups in total. The Hall–Kier alpha value is -0.835. The molecule has 0 saturated carbocycles. The van der Waals surface area contributed by atoms with Gasteiger partial charge in [-0.1, -0.05) is 31.2 Å². The summed E-state index contributed by atoms with van der Waals surface area (Å²) in [6.07, 6.45) is 1.10. The molecule has 14 heavy (non-hydrogen) atoms. The van der Waals surface area contributed by atoms with E-state index < -0.39 is 7.12 Å². The molecule has 0 fully saturated rings. The predicted octanol–water partition coefficient (Wildman–Crippen LogP) is -0.134. The van der Waals surface area contributed by atoms with Crippen molar-refractivity contribution in [1.29, 1.82) is 0 Å². The standard InChI is InChI=1S/C10H16BNO2/c1-2-6-12-8-9-4-3-5-10(7-9)11(13)14/h3-5,7,12-14H,2,6,8H2,1H3. The van der Waals surface area contributed by atoms with Crippen LogP contribution in [0.15, 0.2) is 24.3 Å². The first-order valence-electron chi connectivity index (χ1n) is 4.89. The van der Waals surface area contributed by atoms with Crippen molar-refractivity contribution in [2.24, 2.45) is 0 Å². The molecule has 0 atom stereocenters. The Balaban J connectivity index is 2.55. The maximum atomic E-state index is 8.95. The number of hydrogen-bond donors (Lipinski definition) is 3. The zero-order valence-corrected chi connectivity index (χ0v) is 8.40. The minimum absolute atomic E-state index is 0.542. The van der Waals surface area contributed by atoms with Crippen molar-refractivity contribution in [3.05, 3.63) is 29.8 Å². The molecule has 3 nitrogen and oxygen atoms in total. The van der Waals surface area contributed by atoms with Gasteiger partial charge in [-0.3, -0.25) is 0 Å². The second-order valence-electron chi connectivity index (χ2n) is 3.30. The van der Waals surface area contributed by atoms with Crippen LogP contribution in [0.1, 0.15) is 18.9 Å². The average Bonchev–Trinajstić information content (AvgIpc) is 2.19. The quantitative estimate of drug-likeness (QED) is 0.450. The number of rotatable bonds is 5. The van der Waals surface area contributed by atoms with E-state index in [0.717, 1.165) is 25.1 Å². The van der Waals surface area contributed by atoms with Gasteiger partial charge in [-0.2, -0.15) is 0 Å². The van der Waals surface area contributed by atoms with Crippen LogP contribution in [0.2, 0.25) is 0 Å². The highest BCUT2D eigenvalue weighted by Crippen LogP contribution is 1.96. The number of hydrogen-bond acceptors (Lipinski definition) is 3. The van der Waals surface area contributed by atoms with Gasteiger partial charge in [0.25, 0.3) is 0 Å². The molecular formula is C10H16BNO2. The van der Waals surface area contributed by atoms with Crippen LogP contribution in [0.4, 0.5) is 0 Å². The molecular weight excluding hydrogens is 177 g/mol. The van der Waals surface area contributed by atoms with E-state index in [0.29, 0.717) is 5.46 Å². The van der Waals surface area contributed by atoms with Crippen molar-refractivity contribution >= 4 is 12.6 Å². The van der Waals surface area contributed by atoms with Crippen LogP contribution in [0, 0.1) is 0 Å². The molecule has 0 bridgehead atoms. The van der Waals surface area contributed by atoms with E-state index in [4.69, 9.17) is 10.0 Å². The van der Waals surface area contributed by atoms with Crippen molar-refractivity contribution < 1.29 is 10.0 Å². The fourth-order valence-electron chi connectivity index (χ4n) is 1.27. The Morgan fingerprint density at radius 1 is 1.36 bits per heavy atom. The molecule has 0 unspecified atom stereocenters. The highest BCUT2D eigenvalue weighted by atomic mass is 16.4. The SMILES string of the molecule is CCCNCc1cccc(B(O)O)c1. The molecule has 0 amide bonds. The van der Waals surface area contributed by atoms with Gasteiger partial charge in [0.2, 0.25) is 0 Å². The van der Waals surface area contributed by atoms with E-state index in [9.17, 15) is 0 Å². The highest BCUT2D eigenvalue weighted by molar-refractivity contribution is 6.58. The molecule has 0 aliphatic heterocycles. The lowest BCUT2D eigenvalue weighted by Gasteiger charge is -2.05. The van der Waals surface area contributed by atoms with Crippen molar-refractivity contribution in [1.82, 2.24) is 5.32 Å². The van der Waals surface area contributed by atoms with Gasteiger partial charge in [-0.05, 0) is 24.0 Å². The normalized spacial score (nSPS) is 10.2. The molecule has 0 aliphatic carbocycles. The van der Waals surface area contributed by atoms with Gasteiger partial charge in [0.1, 0.15) is 0 Å². The fourth-order valence-corrected chi connectivity index (χ4v) is 1.27. The second-order valence-corrected chi connectivity index (χ2v) is 3.30. The molecule has 0 aliphatic rings. The zero-order chi connectivity index (χ0) is 10.4. The van der Waals surface area contributed by atoms with Crippen molar-refractivity contribution in [2.75, 3.05) is 6.54 Å². The van der Waals surface area contributed by atoms with Crippen LogP contribution >= 0.6 is 0 Å². The van der Waals surface area contributed by atoms with Crippen molar-refractivity contribution in [2.45, 2.75) is 19.9 Å². The van der Waals surface area contributed by atoms with Crippen LogP contribution < -0.4 is 10.8 Å². The van der Waals surface area contributed by atoms with E-state index in [-0.39, 0.29) is 0 Å². The topological polar surface area (TPSA) is 52.5 Å². The minimum atomic E-state index is -1.37. The summed E-state index contributed by atoms with van der Waals surface area (Å²) in [6, 6.07) is 7.30. The summed E-state index contributed by atoms with van der Waals surface area (Å²) in [5, 5.41) is 21.2. The zero-order valence-electron chi connectivity index (χ0n) is 8.40. The average molecular weight is 193 g/mol. The molecule has 4 heteroatoms. The van der Waals surface area contributed by atoms with Crippen molar-refractivity contribution in [3.8, 4) is 0 Å². The smallest absolute Gasteiger partial charge is 0.423 e. The van der Waals surface area contributed by atoms with E-state index in [1.807, 2.05) is 12.1 Å².